The molecule has 1 N–H and O–H groups in total. The Labute approximate surface area is 111 Å². The lowest BCUT2D eigenvalue weighted by atomic mass is 10.1. The summed E-state index contributed by atoms with van der Waals surface area (Å²) in [6, 6.07) is 3.70. The predicted octanol–water partition coefficient (Wildman–Crippen LogP) is 3.68. The molecule has 1 aromatic carbocycles. The molecule has 0 heterocycles. The number of amides is 1. The van der Waals surface area contributed by atoms with Crippen LogP contribution in [0.1, 0.15) is 17.5 Å². The molecule has 3 nitrogen and oxygen atoms in total. The number of halogens is 2. The average molecular weight is 346 g/mol. The molecule has 0 bridgehead atoms. The van der Waals surface area contributed by atoms with E-state index in [0.29, 0.717) is 0 Å². The van der Waals surface area contributed by atoms with Gasteiger partial charge in [-0.2, -0.15) is 5.26 Å². The van der Waals surface area contributed by atoms with Gasteiger partial charge in [0, 0.05) is 8.95 Å². The van der Waals surface area contributed by atoms with Crippen LogP contribution < -0.4 is 5.32 Å². The number of nitrogens with one attached hydrogen (secondary N) is 1. The Morgan fingerprint density at radius 2 is 2.00 bits per heavy atom. The van der Waals surface area contributed by atoms with Crippen molar-refractivity contribution in [1.29, 1.82) is 5.26 Å². The Kier molecular flexibility index (Phi) is 4.51. The molecule has 0 atom stereocenters. The van der Waals surface area contributed by atoms with Crippen molar-refractivity contribution >= 4 is 43.5 Å². The topological polar surface area (TPSA) is 52.9 Å². The second kappa shape index (κ2) is 5.46. The van der Waals surface area contributed by atoms with Crippen molar-refractivity contribution in [3.63, 3.8) is 0 Å². The number of carbonyl (C=O) groups excluding carboxylic acids is 1. The van der Waals surface area contributed by atoms with Gasteiger partial charge in [-0.15, -0.1) is 0 Å². The second-order valence-electron chi connectivity index (χ2n) is 3.35. The summed E-state index contributed by atoms with van der Waals surface area (Å²) in [6.07, 6.45) is -0.138. The lowest BCUT2D eigenvalue weighted by molar-refractivity contribution is -0.115. The molecule has 0 aliphatic heterocycles. The van der Waals surface area contributed by atoms with Crippen LogP contribution in [0.2, 0.25) is 0 Å². The van der Waals surface area contributed by atoms with Crippen LogP contribution in [0.3, 0.4) is 0 Å². The third-order valence-corrected chi connectivity index (χ3v) is 3.74. The molecule has 5 heteroatoms. The van der Waals surface area contributed by atoms with Gasteiger partial charge in [0.2, 0.25) is 5.91 Å². The molecular formula is C11H10Br2N2O. The summed E-state index contributed by atoms with van der Waals surface area (Å²) in [5.74, 6) is -0.298. The quantitative estimate of drug-likeness (QED) is 0.888. The predicted molar refractivity (Wildman–Crippen MR) is 70.2 cm³/mol. The maximum Gasteiger partial charge on any atom is 0.238 e. The van der Waals surface area contributed by atoms with Gasteiger partial charge in [-0.05, 0) is 47.0 Å². The highest BCUT2D eigenvalue weighted by Crippen LogP contribution is 2.33. The molecule has 0 aliphatic rings. The number of nitriles is 1. The van der Waals surface area contributed by atoms with Crippen LogP contribution in [0.25, 0.3) is 0 Å². The fraction of sp³-hybridized carbons (Fsp3) is 0.273. The Balaban J connectivity index is 3.11. The summed E-state index contributed by atoms with van der Waals surface area (Å²) in [5, 5.41) is 11.1. The molecule has 1 rings (SSSR count). The normalized spacial score (nSPS) is 9.69. The van der Waals surface area contributed by atoms with E-state index >= 15 is 0 Å². The number of hydrogen-bond donors (Lipinski definition) is 1. The molecular weight excluding hydrogens is 336 g/mol. The number of hydrogen-bond acceptors (Lipinski definition) is 2. The number of carbonyl (C=O) groups is 1. The van der Waals surface area contributed by atoms with E-state index in [2.05, 4.69) is 37.2 Å². The Morgan fingerprint density at radius 1 is 1.38 bits per heavy atom. The van der Waals surface area contributed by atoms with Crippen molar-refractivity contribution in [2.75, 3.05) is 5.32 Å². The number of anilines is 1. The molecule has 84 valence electrons. The van der Waals surface area contributed by atoms with Gasteiger partial charge in [0.05, 0.1) is 11.8 Å². The zero-order valence-electron chi connectivity index (χ0n) is 8.90. The summed E-state index contributed by atoms with van der Waals surface area (Å²) in [7, 11) is 0. The van der Waals surface area contributed by atoms with Gasteiger partial charge < -0.3 is 5.32 Å². The zero-order chi connectivity index (χ0) is 12.3. The minimum absolute atomic E-state index is 0.138. The van der Waals surface area contributed by atoms with Crippen LogP contribution in [-0.4, -0.2) is 5.91 Å². The summed E-state index contributed by atoms with van der Waals surface area (Å²) in [6.45, 7) is 3.89. The van der Waals surface area contributed by atoms with Gasteiger partial charge in [-0.25, -0.2) is 0 Å². The summed E-state index contributed by atoms with van der Waals surface area (Å²) >= 11 is 6.82. The van der Waals surface area contributed by atoms with Crippen molar-refractivity contribution < 1.29 is 4.79 Å². The SMILES string of the molecule is Cc1c(Br)cc(Br)c(NC(=O)CC#N)c1C. The molecule has 0 spiro atoms. The van der Waals surface area contributed by atoms with Crippen molar-refractivity contribution in [2.45, 2.75) is 20.3 Å². The first-order valence-electron chi connectivity index (χ1n) is 4.59. The second-order valence-corrected chi connectivity index (χ2v) is 5.06. The van der Waals surface area contributed by atoms with Crippen molar-refractivity contribution in [3.05, 3.63) is 26.1 Å². The molecule has 16 heavy (non-hydrogen) atoms. The highest BCUT2D eigenvalue weighted by Gasteiger charge is 2.12. The Bertz CT molecular complexity index is 478. The standard InChI is InChI=1S/C11H10Br2N2O/c1-6-7(2)11(9(13)5-8(6)12)15-10(16)3-4-14/h5H,3H2,1-2H3,(H,15,16). The van der Waals surface area contributed by atoms with Gasteiger partial charge in [0.15, 0.2) is 0 Å². The third-order valence-electron chi connectivity index (χ3n) is 2.29. The highest BCUT2D eigenvalue weighted by molar-refractivity contribution is 9.11. The van der Waals surface area contributed by atoms with Crippen LogP contribution in [0.15, 0.2) is 15.0 Å². The highest BCUT2D eigenvalue weighted by atomic mass is 79.9. The van der Waals surface area contributed by atoms with Crippen LogP contribution in [0.4, 0.5) is 5.69 Å². The van der Waals surface area contributed by atoms with Gasteiger partial charge in [0.25, 0.3) is 0 Å². The first kappa shape index (κ1) is 13.2. The van der Waals surface area contributed by atoms with E-state index < -0.39 is 0 Å². The minimum Gasteiger partial charge on any atom is -0.324 e. The molecule has 0 aromatic heterocycles. The van der Waals surface area contributed by atoms with E-state index in [-0.39, 0.29) is 12.3 Å². The molecule has 0 radical (unpaired) electrons. The molecule has 1 aromatic rings. The summed E-state index contributed by atoms with van der Waals surface area (Å²) in [5.41, 5.74) is 2.77. The Morgan fingerprint density at radius 3 is 2.56 bits per heavy atom. The average Bonchev–Trinajstić information content (AvgIpc) is 2.22. The third kappa shape index (κ3) is 2.83. The van der Waals surface area contributed by atoms with Gasteiger partial charge in [-0.1, -0.05) is 15.9 Å². The molecule has 0 aliphatic carbocycles. The molecule has 1 amide bonds. The van der Waals surface area contributed by atoms with E-state index in [1.807, 2.05) is 26.0 Å². The number of rotatable bonds is 2. The maximum absolute atomic E-state index is 11.3. The van der Waals surface area contributed by atoms with Crippen LogP contribution in [0, 0.1) is 25.2 Å². The monoisotopic (exact) mass is 344 g/mol. The Hall–Kier alpha value is -0.860. The van der Waals surface area contributed by atoms with Crippen LogP contribution >= 0.6 is 31.9 Å². The fourth-order valence-corrected chi connectivity index (χ4v) is 2.71. The van der Waals surface area contributed by atoms with Gasteiger partial charge >= 0.3 is 0 Å². The molecule has 0 saturated carbocycles. The van der Waals surface area contributed by atoms with Crippen molar-refractivity contribution in [1.82, 2.24) is 0 Å². The van der Waals surface area contributed by atoms with Gasteiger partial charge in [0.1, 0.15) is 6.42 Å². The maximum atomic E-state index is 11.3. The fourth-order valence-electron chi connectivity index (χ4n) is 1.25. The van der Waals surface area contributed by atoms with E-state index in [0.717, 1.165) is 25.8 Å². The molecule has 0 unspecified atom stereocenters. The summed E-state index contributed by atoms with van der Waals surface area (Å²) < 4.78 is 1.78. The van der Waals surface area contributed by atoms with Crippen molar-refractivity contribution in [3.8, 4) is 6.07 Å². The lowest BCUT2D eigenvalue weighted by Crippen LogP contribution is -2.12. The first-order valence-corrected chi connectivity index (χ1v) is 6.18. The zero-order valence-corrected chi connectivity index (χ0v) is 12.1. The van der Waals surface area contributed by atoms with E-state index in [1.165, 1.54) is 0 Å². The number of benzene rings is 1. The van der Waals surface area contributed by atoms with Crippen molar-refractivity contribution in [2.24, 2.45) is 0 Å². The lowest BCUT2D eigenvalue weighted by Gasteiger charge is -2.13. The summed E-state index contributed by atoms with van der Waals surface area (Å²) in [4.78, 5) is 11.3. The molecule has 0 fully saturated rings. The number of nitrogens with zero attached hydrogens (tertiary/aromatic N) is 1. The molecule has 0 saturated heterocycles. The van der Waals surface area contributed by atoms with E-state index in [4.69, 9.17) is 5.26 Å². The van der Waals surface area contributed by atoms with Gasteiger partial charge in [-0.3, -0.25) is 4.79 Å². The van der Waals surface area contributed by atoms with E-state index in [9.17, 15) is 4.79 Å². The van der Waals surface area contributed by atoms with E-state index in [1.54, 1.807) is 0 Å². The minimum atomic E-state index is -0.298. The van der Waals surface area contributed by atoms with Crippen LogP contribution in [-0.2, 0) is 4.79 Å². The largest absolute Gasteiger partial charge is 0.324 e. The smallest absolute Gasteiger partial charge is 0.238 e. The first-order chi connectivity index (χ1) is 7.47. The van der Waals surface area contributed by atoms with Crippen LogP contribution in [0.5, 0.6) is 0 Å².